The quantitative estimate of drug-likeness (QED) is 0.852. The summed E-state index contributed by atoms with van der Waals surface area (Å²) in [4.78, 5) is 18.2. The molecule has 1 N–H and O–H groups in total. The second-order valence-electron chi connectivity index (χ2n) is 4.86. The monoisotopic (exact) mass is 283 g/mol. The van der Waals surface area contributed by atoms with E-state index in [4.69, 9.17) is 4.74 Å². The molecule has 1 amide bonds. The van der Waals surface area contributed by atoms with Crippen LogP contribution in [-0.4, -0.2) is 48.6 Å². The van der Waals surface area contributed by atoms with Gasteiger partial charge in [-0.05, 0) is 19.8 Å². The second-order valence-corrected chi connectivity index (χ2v) is 5.80. The minimum Gasteiger partial charge on any atom is -0.377 e. The molecule has 106 valence electrons. The lowest BCUT2D eigenvalue weighted by Crippen LogP contribution is -2.39. The first-order valence-electron chi connectivity index (χ1n) is 6.63. The van der Waals surface area contributed by atoms with Gasteiger partial charge in [0.15, 0.2) is 0 Å². The van der Waals surface area contributed by atoms with Gasteiger partial charge in [0.05, 0.1) is 19.2 Å². The summed E-state index contributed by atoms with van der Waals surface area (Å²) < 4.78 is 5.65. The third-order valence-corrected chi connectivity index (χ3v) is 4.11. The van der Waals surface area contributed by atoms with E-state index in [9.17, 15) is 4.79 Å². The van der Waals surface area contributed by atoms with Crippen LogP contribution in [0.1, 0.15) is 23.5 Å². The molecule has 1 aliphatic heterocycles. The van der Waals surface area contributed by atoms with Crippen molar-refractivity contribution in [2.45, 2.75) is 32.4 Å². The normalized spacial score (nSPS) is 19.0. The number of likely N-dealkylation sites (N-methyl/N-ethyl adjacent to an activating group) is 1. The van der Waals surface area contributed by atoms with Gasteiger partial charge in [-0.25, -0.2) is 4.98 Å². The van der Waals surface area contributed by atoms with Gasteiger partial charge in [0.2, 0.25) is 5.91 Å². The summed E-state index contributed by atoms with van der Waals surface area (Å²) in [7, 11) is 1.67. The van der Waals surface area contributed by atoms with Crippen molar-refractivity contribution in [3.05, 3.63) is 16.1 Å². The van der Waals surface area contributed by atoms with Crippen molar-refractivity contribution in [2.75, 3.05) is 26.7 Å². The Morgan fingerprint density at radius 1 is 1.68 bits per heavy atom. The van der Waals surface area contributed by atoms with Crippen molar-refractivity contribution in [1.82, 2.24) is 15.2 Å². The Kier molecular flexibility index (Phi) is 5.30. The topological polar surface area (TPSA) is 54.5 Å². The average molecular weight is 283 g/mol. The molecule has 19 heavy (non-hydrogen) atoms. The summed E-state index contributed by atoms with van der Waals surface area (Å²) in [6.45, 7) is 4.74. The molecule has 1 atom stereocenters. The molecule has 6 heteroatoms. The van der Waals surface area contributed by atoms with Crippen LogP contribution >= 0.6 is 11.3 Å². The van der Waals surface area contributed by atoms with Crippen molar-refractivity contribution >= 4 is 17.2 Å². The van der Waals surface area contributed by atoms with Gasteiger partial charge < -0.3 is 10.1 Å². The van der Waals surface area contributed by atoms with Crippen molar-refractivity contribution in [3.8, 4) is 0 Å². The van der Waals surface area contributed by atoms with Crippen LogP contribution < -0.4 is 5.32 Å². The SMILES string of the molecule is CNC(=O)CN(Cc1nc(C)cs1)C[C@@H]1CCCO1. The summed E-state index contributed by atoms with van der Waals surface area (Å²) >= 11 is 1.65. The molecule has 1 saturated heterocycles. The van der Waals surface area contributed by atoms with Gasteiger partial charge in [0, 0.05) is 31.3 Å². The predicted octanol–water partition coefficient (Wildman–Crippen LogP) is 1.18. The number of hydrogen-bond acceptors (Lipinski definition) is 5. The van der Waals surface area contributed by atoms with E-state index < -0.39 is 0 Å². The minimum absolute atomic E-state index is 0.0336. The molecule has 0 unspecified atom stereocenters. The molecule has 0 aliphatic carbocycles. The van der Waals surface area contributed by atoms with Crippen LogP contribution in [0.15, 0.2) is 5.38 Å². The number of carbonyl (C=O) groups is 1. The van der Waals surface area contributed by atoms with Crippen molar-refractivity contribution < 1.29 is 9.53 Å². The first-order chi connectivity index (χ1) is 9.17. The first-order valence-corrected chi connectivity index (χ1v) is 7.51. The zero-order valence-corrected chi connectivity index (χ0v) is 12.3. The summed E-state index contributed by atoms with van der Waals surface area (Å²) in [6, 6.07) is 0. The molecule has 2 rings (SSSR count). The zero-order valence-electron chi connectivity index (χ0n) is 11.5. The summed E-state index contributed by atoms with van der Waals surface area (Å²) in [5.74, 6) is 0.0336. The van der Waals surface area contributed by atoms with Gasteiger partial charge >= 0.3 is 0 Å². The van der Waals surface area contributed by atoms with E-state index in [1.54, 1.807) is 18.4 Å². The van der Waals surface area contributed by atoms with Gasteiger partial charge in [-0.15, -0.1) is 11.3 Å². The highest BCUT2D eigenvalue weighted by Gasteiger charge is 2.21. The number of aryl methyl sites for hydroxylation is 1. The van der Waals surface area contributed by atoms with Gasteiger partial charge in [0.25, 0.3) is 0 Å². The molecule has 0 bridgehead atoms. The molecule has 0 aromatic carbocycles. The maximum absolute atomic E-state index is 11.6. The molecular weight excluding hydrogens is 262 g/mol. The van der Waals surface area contributed by atoms with E-state index in [1.807, 2.05) is 12.3 Å². The molecular formula is C13H21N3O2S. The fraction of sp³-hybridized carbons (Fsp3) is 0.692. The van der Waals surface area contributed by atoms with Crippen LogP contribution in [-0.2, 0) is 16.1 Å². The maximum atomic E-state index is 11.6. The lowest BCUT2D eigenvalue weighted by molar-refractivity contribution is -0.122. The van der Waals surface area contributed by atoms with Gasteiger partial charge in [0.1, 0.15) is 5.01 Å². The highest BCUT2D eigenvalue weighted by molar-refractivity contribution is 7.09. The van der Waals surface area contributed by atoms with Crippen molar-refractivity contribution in [3.63, 3.8) is 0 Å². The number of thiazole rings is 1. The van der Waals surface area contributed by atoms with E-state index in [2.05, 4.69) is 15.2 Å². The number of ether oxygens (including phenoxy) is 1. The van der Waals surface area contributed by atoms with Gasteiger partial charge in [-0.2, -0.15) is 0 Å². The Morgan fingerprint density at radius 3 is 3.11 bits per heavy atom. The third-order valence-electron chi connectivity index (χ3n) is 3.16. The van der Waals surface area contributed by atoms with E-state index in [0.29, 0.717) is 13.1 Å². The standard InChI is InChI=1S/C13H21N3O2S/c1-10-9-19-13(15-10)8-16(7-12(17)14-2)6-11-4-3-5-18-11/h9,11H,3-8H2,1-2H3,(H,14,17)/t11-/m0/s1. The number of rotatable bonds is 6. The zero-order chi connectivity index (χ0) is 13.7. The first kappa shape index (κ1) is 14.4. The van der Waals surface area contributed by atoms with Crippen LogP contribution in [0, 0.1) is 6.92 Å². The van der Waals surface area contributed by atoms with Gasteiger partial charge in [-0.3, -0.25) is 9.69 Å². The number of hydrogen-bond donors (Lipinski definition) is 1. The Labute approximate surface area is 118 Å². The smallest absolute Gasteiger partial charge is 0.233 e. The van der Waals surface area contributed by atoms with Crippen LogP contribution in [0.25, 0.3) is 0 Å². The molecule has 0 radical (unpaired) electrons. The van der Waals surface area contributed by atoms with Crippen LogP contribution in [0.4, 0.5) is 0 Å². The highest BCUT2D eigenvalue weighted by atomic mass is 32.1. The summed E-state index contributed by atoms with van der Waals surface area (Å²) in [5.41, 5.74) is 1.04. The molecule has 1 aromatic rings. The number of carbonyl (C=O) groups excluding carboxylic acids is 1. The van der Waals surface area contributed by atoms with Crippen LogP contribution in [0.5, 0.6) is 0 Å². The van der Waals surface area contributed by atoms with E-state index in [1.165, 1.54) is 0 Å². The number of amides is 1. The second kappa shape index (κ2) is 6.98. The fourth-order valence-electron chi connectivity index (χ4n) is 2.21. The number of nitrogens with zero attached hydrogens (tertiary/aromatic N) is 2. The molecule has 0 saturated carbocycles. The maximum Gasteiger partial charge on any atom is 0.233 e. The lowest BCUT2D eigenvalue weighted by atomic mass is 10.2. The molecule has 1 aromatic heterocycles. The summed E-state index contributed by atoms with van der Waals surface area (Å²) in [5, 5.41) is 5.77. The fourth-order valence-corrected chi connectivity index (χ4v) is 3.02. The Morgan fingerprint density at radius 2 is 2.53 bits per heavy atom. The molecule has 0 spiro atoms. The third kappa shape index (κ3) is 4.56. The Balaban J connectivity index is 1.93. The average Bonchev–Trinajstić information content (AvgIpc) is 3.01. The number of aromatic nitrogens is 1. The van der Waals surface area contributed by atoms with E-state index >= 15 is 0 Å². The number of nitrogens with one attached hydrogen (secondary N) is 1. The molecule has 1 fully saturated rings. The van der Waals surface area contributed by atoms with Gasteiger partial charge in [-0.1, -0.05) is 0 Å². The largest absolute Gasteiger partial charge is 0.377 e. The van der Waals surface area contributed by atoms with E-state index in [0.717, 1.165) is 36.7 Å². The van der Waals surface area contributed by atoms with Crippen molar-refractivity contribution in [1.29, 1.82) is 0 Å². The Hall–Kier alpha value is -0.980. The molecule has 2 heterocycles. The molecule has 1 aliphatic rings. The Bertz CT molecular complexity index is 416. The molecule has 5 nitrogen and oxygen atoms in total. The van der Waals surface area contributed by atoms with Crippen molar-refractivity contribution in [2.24, 2.45) is 0 Å². The van der Waals surface area contributed by atoms with Crippen LogP contribution in [0.2, 0.25) is 0 Å². The highest BCUT2D eigenvalue weighted by Crippen LogP contribution is 2.16. The van der Waals surface area contributed by atoms with E-state index in [-0.39, 0.29) is 12.0 Å². The lowest BCUT2D eigenvalue weighted by Gasteiger charge is -2.23. The minimum atomic E-state index is 0.0336. The predicted molar refractivity (Wildman–Crippen MR) is 75.2 cm³/mol. The summed E-state index contributed by atoms with van der Waals surface area (Å²) in [6.07, 6.45) is 2.46. The van der Waals surface area contributed by atoms with Crippen LogP contribution in [0.3, 0.4) is 0 Å².